The number of alkyl halides is 2. The Balaban J connectivity index is 1.45. The van der Waals surface area contributed by atoms with Gasteiger partial charge in [0.2, 0.25) is 11.8 Å². The molecule has 0 bridgehead atoms. The molecule has 8 nitrogen and oxygen atoms in total. The summed E-state index contributed by atoms with van der Waals surface area (Å²) in [7, 11) is 0. The van der Waals surface area contributed by atoms with E-state index in [4.69, 9.17) is 16.3 Å². The summed E-state index contributed by atoms with van der Waals surface area (Å²) in [5.41, 5.74) is -0.319. The predicted octanol–water partition coefficient (Wildman–Crippen LogP) is 5.89. The van der Waals surface area contributed by atoms with E-state index in [2.05, 4.69) is 15.4 Å². The van der Waals surface area contributed by atoms with E-state index in [1.807, 2.05) is 0 Å². The number of aliphatic hydroxyl groups excluding tert-OH is 1. The lowest BCUT2D eigenvalue weighted by atomic mass is 9.86. The molecule has 2 aromatic carbocycles. The predicted molar refractivity (Wildman–Crippen MR) is 161 cm³/mol. The lowest BCUT2D eigenvalue weighted by Gasteiger charge is -2.29. The Morgan fingerprint density at radius 1 is 1.07 bits per heavy atom. The maximum Gasteiger partial charge on any atom is 0.418 e. The van der Waals surface area contributed by atoms with Crippen LogP contribution in [0, 0.1) is 11.8 Å². The topological polar surface area (TPSA) is 117 Å². The number of halogens is 3. The van der Waals surface area contributed by atoms with Crippen molar-refractivity contribution in [3.63, 3.8) is 0 Å². The van der Waals surface area contributed by atoms with E-state index in [1.165, 1.54) is 30.3 Å². The van der Waals surface area contributed by atoms with Crippen LogP contribution in [0.15, 0.2) is 54.6 Å². The summed E-state index contributed by atoms with van der Waals surface area (Å²) in [6, 6.07) is 12.3. The zero-order valence-corrected chi connectivity index (χ0v) is 25.3. The van der Waals surface area contributed by atoms with Crippen molar-refractivity contribution in [2.45, 2.75) is 74.7 Å². The fourth-order valence-electron chi connectivity index (χ4n) is 5.70. The van der Waals surface area contributed by atoms with Gasteiger partial charge in [-0.1, -0.05) is 86.2 Å². The van der Waals surface area contributed by atoms with Gasteiger partial charge in [0, 0.05) is 23.0 Å². The highest BCUT2D eigenvalue weighted by Gasteiger charge is 2.45. The summed E-state index contributed by atoms with van der Waals surface area (Å²) < 4.78 is 39.4. The summed E-state index contributed by atoms with van der Waals surface area (Å²) in [6.07, 6.45) is 3.41. The number of hydrogen-bond acceptors (Lipinski definition) is 6. The molecule has 234 valence electrons. The first-order valence-corrected chi connectivity index (χ1v) is 15.9. The van der Waals surface area contributed by atoms with Gasteiger partial charge in [-0.25, -0.2) is 4.79 Å². The fraction of sp³-hybridized carbons (Fsp3) is 0.516. The molecule has 2 fully saturated rings. The Bertz CT molecular complexity index is 1230. The second-order valence-electron chi connectivity index (χ2n) is 11.2. The molecule has 2 aromatic rings. The summed E-state index contributed by atoms with van der Waals surface area (Å²) in [5, 5.41) is 14.9. The molecule has 4 N–H and O–H groups in total. The largest absolute Gasteiger partial charge is 0.434 e. The summed E-state index contributed by atoms with van der Waals surface area (Å²) in [6.45, 7) is 0.214. The molecule has 0 spiro atoms. The molecule has 0 radical (unpaired) electrons. The quantitative estimate of drug-likeness (QED) is 0.204. The third-order valence-electron chi connectivity index (χ3n) is 8.01. The van der Waals surface area contributed by atoms with Crippen LogP contribution in [0.3, 0.4) is 0 Å². The molecule has 1 heterocycles. The van der Waals surface area contributed by atoms with Crippen molar-refractivity contribution in [2.24, 2.45) is 11.8 Å². The van der Waals surface area contributed by atoms with Crippen molar-refractivity contribution in [1.82, 2.24) is 15.4 Å². The molecular formula is C31H38ClF2N3O5S. The summed E-state index contributed by atoms with van der Waals surface area (Å²) in [5.74, 6) is -4.17. The van der Waals surface area contributed by atoms with E-state index in [0.717, 1.165) is 50.1 Å². The highest BCUT2D eigenvalue weighted by Crippen LogP contribution is 2.43. The SMILES string of the molecule is O=C(NS[C@@H](CC1CCCCC1)C(=O)N[C@H](CO)C[C@@H]1CCNC1=O)O[C@H](c1ccccc1)C(F)(F)c1cccc(Cl)c1. The normalized spacial score (nSPS) is 19.6. The van der Waals surface area contributed by atoms with Crippen LogP contribution in [0.25, 0.3) is 0 Å². The first kappa shape index (κ1) is 33.0. The van der Waals surface area contributed by atoms with Gasteiger partial charge in [-0.3, -0.25) is 14.3 Å². The van der Waals surface area contributed by atoms with E-state index < -0.39 is 40.9 Å². The van der Waals surface area contributed by atoms with Crippen molar-refractivity contribution in [3.8, 4) is 0 Å². The Kier molecular flexibility index (Phi) is 12.1. The minimum atomic E-state index is -3.62. The molecule has 3 amide bonds. The molecule has 0 unspecified atom stereocenters. The lowest BCUT2D eigenvalue weighted by Crippen LogP contribution is -2.45. The Labute approximate surface area is 259 Å². The van der Waals surface area contributed by atoms with Crippen LogP contribution in [-0.2, 0) is 20.2 Å². The number of aliphatic hydroxyl groups is 1. The molecular weight excluding hydrogens is 600 g/mol. The van der Waals surface area contributed by atoms with Crippen LogP contribution in [-0.4, -0.2) is 47.5 Å². The number of benzene rings is 2. The molecule has 4 rings (SSSR count). The number of hydrogen-bond donors (Lipinski definition) is 4. The molecule has 4 atom stereocenters. The first-order chi connectivity index (χ1) is 20.7. The average molecular weight is 638 g/mol. The van der Waals surface area contributed by atoms with Crippen LogP contribution < -0.4 is 15.4 Å². The molecule has 12 heteroatoms. The average Bonchev–Trinajstić information content (AvgIpc) is 3.42. The molecule has 1 saturated carbocycles. The van der Waals surface area contributed by atoms with Crippen molar-refractivity contribution in [1.29, 1.82) is 0 Å². The number of carbonyl (C=O) groups is 3. The summed E-state index contributed by atoms with van der Waals surface area (Å²) in [4.78, 5) is 38.4. The van der Waals surface area contributed by atoms with E-state index in [-0.39, 0.29) is 34.9 Å². The summed E-state index contributed by atoms with van der Waals surface area (Å²) >= 11 is 6.78. The van der Waals surface area contributed by atoms with Crippen molar-refractivity contribution >= 4 is 41.5 Å². The van der Waals surface area contributed by atoms with Crippen molar-refractivity contribution in [3.05, 3.63) is 70.7 Å². The van der Waals surface area contributed by atoms with Gasteiger partial charge in [-0.15, -0.1) is 0 Å². The lowest BCUT2D eigenvalue weighted by molar-refractivity contribution is -0.125. The van der Waals surface area contributed by atoms with Crippen LogP contribution in [0.2, 0.25) is 5.02 Å². The standard InChI is InChI=1S/C31H38ClF2N3O5S/c32-24-13-7-12-23(18-24)31(33,34)27(21-10-5-2-6-11-21)42-30(41)37-43-26(16-20-8-3-1-4-9-20)29(40)36-25(19-38)17-22-14-15-35-28(22)39/h2,5-7,10-13,18,20,22,25-27,38H,1,3-4,8-9,14-17,19H2,(H,35,39)(H,36,40)(H,37,41)/t22-,25-,26-,27+/m0/s1. The van der Waals surface area contributed by atoms with Gasteiger partial charge >= 0.3 is 12.0 Å². The molecule has 1 aliphatic carbocycles. The van der Waals surface area contributed by atoms with Gasteiger partial charge in [-0.2, -0.15) is 8.78 Å². The molecule has 1 saturated heterocycles. The zero-order valence-electron chi connectivity index (χ0n) is 23.8. The van der Waals surface area contributed by atoms with Gasteiger partial charge in [0.1, 0.15) is 5.25 Å². The maximum atomic E-state index is 15.8. The first-order valence-electron chi connectivity index (χ1n) is 14.7. The van der Waals surface area contributed by atoms with Crippen LogP contribution in [0.5, 0.6) is 0 Å². The third kappa shape index (κ3) is 9.30. The third-order valence-corrected chi connectivity index (χ3v) is 9.22. The van der Waals surface area contributed by atoms with Gasteiger partial charge in [0.25, 0.3) is 0 Å². The monoisotopic (exact) mass is 637 g/mol. The Morgan fingerprint density at radius 3 is 2.47 bits per heavy atom. The number of rotatable bonds is 13. The van der Waals surface area contributed by atoms with Crippen LogP contribution in [0.1, 0.15) is 68.6 Å². The molecule has 1 aliphatic heterocycles. The van der Waals surface area contributed by atoms with Gasteiger partial charge < -0.3 is 20.5 Å². The molecule has 2 aliphatic rings. The van der Waals surface area contributed by atoms with Gasteiger partial charge in [0.05, 0.1) is 12.6 Å². The zero-order chi connectivity index (χ0) is 30.8. The highest BCUT2D eigenvalue weighted by atomic mass is 35.5. The second kappa shape index (κ2) is 15.7. The van der Waals surface area contributed by atoms with Crippen LogP contribution >= 0.6 is 23.5 Å². The van der Waals surface area contributed by atoms with E-state index in [1.54, 1.807) is 18.2 Å². The fourth-order valence-corrected chi connectivity index (χ4v) is 6.72. The Hall–Kier alpha value is -2.89. The molecule has 43 heavy (non-hydrogen) atoms. The highest BCUT2D eigenvalue weighted by molar-refractivity contribution is 7.99. The number of ether oxygens (including phenoxy) is 1. The minimum absolute atomic E-state index is 0.0888. The second-order valence-corrected chi connectivity index (χ2v) is 12.6. The van der Waals surface area contributed by atoms with Gasteiger partial charge in [0.15, 0.2) is 6.10 Å². The van der Waals surface area contributed by atoms with E-state index in [9.17, 15) is 19.5 Å². The van der Waals surface area contributed by atoms with Crippen molar-refractivity contribution in [2.75, 3.05) is 13.2 Å². The smallest absolute Gasteiger partial charge is 0.418 e. The Morgan fingerprint density at radius 2 is 1.81 bits per heavy atom. The maximum absolute atomic E-state index is 15.8. The van der Waals surface area contributed by atoms with E-state index in [0.29, 0.717) is 25.8 Å². The molecule has 0 aromatic heterocycles. The number of carbonyl (C=O) groups excluding carboxylic acids is 3. The van der Waals surface area contributed by atoms with Gasteiger partial charge in [-0.05, 0) is 54.8 Å². The number of amides is 3. The van der Waals surface area contributed by atoms with Crippen molar-refractivity contribution < 1.29 is 33.0 Å². The number of nitrogens with one attached hydrogen (secondary N) is 3. The van der Waals surface area contributed by atoms with E-state index >= 15 is 8.78 Å². The minimum Gasteiger partial charge on any atom is -0.434 e. The van der Waals surface area contributed by atoms with Crippen LogP contribution in [0.4, 0.5) is 13.6 Å².